The summed E-state index contributed by atoms with van der Waals surface area (Å²) in [4.78, 5) is 31.4. The highest BCUT2D eigenvalue weighted by Crippen LogP contribution is 2.28. The summed E-state index contributed by atoms with van der Waals surface area (Å²) in [6, 6.07) is 15.1. The first-order valence-electron chi connectivity index (χ1n) is 12.6. The van der Waals surface area contributed by atoms with E-state index >= 15 is 0 Å². The van der Waals surface area contributed by atoms with Crippen LogP contribution in [-0.4, -0.2) is 68.2 Å². The van der Waals surface area contributed by atoms with Gasteiger partial charge in [0.1, 0.15) is 12.4 Å². The van der Waals surface area contributed by atoms with E-state index in [9.17, 15) is 14.0 Å². The van der Waals surface area contributed by atoms with E-state index in [4.69, 9.17) is 14.2 Å². The fourth-order valence-electron chi connectivity index (χ4n) is 4.47. The highest BCUT2D eigenvalue weighted by molar-refractivity contribution is 7.09. The fourth-order valence-corrected chi connectivity index (χ4v) is 5.19. The van der Waals surface area contributed by atoms with Crippen molar-refractivity contribution in [1.29, 1.82) is 0 Å². The van der Waals surface area contributed by atoms with Gasteiger partial charge in [-0.3, -0.25) is 9.59 Å². The number of nitrogens with zero attached hydrogens (tertiary/aromatic N) is 2. The third-order valence-electron chi connectivity index (χ3n) is 6.55. The third-order valence-corrected chi connectivity index (χ3v) is 7.41. The van der Waals surface area contributed by atoms with Gasteiger partial charge in [0.2, 0.25) is 5.91 Å². The zero-order valence-corrected chi connectivity index (χ0v) is 22.5. The van der Waals surface area contributed by atoms with Crippen LogP contribution in [0.25, 0.3) is 0 Å². The summed E-state index contributed by atoms with van der Waals surface area (Å²) in [6.07, 6.45) is 2.24. The normalized spacial score (nSPS) is 14.8. The number of benzene rings is 2. The van der Waals surface area contributed by atoms with Crippen LogP contribution in [0.15, 0.2) is 60.0 Å². The molecule has 0 bridgehead atoms. The standard InChI is InChI=1S/C29H33FN2O5S/c1-35-26-12-7-21(17-27(26)36-2)13-14-31(19-25-6-4-16-38-25)28(33)20-32(18-24-5-3-15-37-24)29(34)22-8-10-23(30)11-9-22/h4,6-12,16-17,24H,3,5,13-15,18-20H2,1-2H3. The summed E-state index contributed by atoms with van der Waals surface area (Å²) in [6.45, 7) is 1.78. The van der Waals surface area contributed by atoms with Gasteiger partial charge in [-0.25, -0.2) is 4.39 Å². The summed E-state index contributed by atoms with van der Waals surface area (Å²) in [7, 11) is 3.18. The van der Waals surface area contributed by atoms with E-state index < -0.39 is 5.82 Å². The van der Waals surface area contributed by atoms with Gasteiger partial charge in [0.25, 0.3) is 5.91 Å². The molecule has 202 valence electrons. The molecule has 1 fully saturated rings. The first-order valence-corrected chi connectivity index (χ1v) is 13.5. The quantitative estimate of drug-likeness (QED) is 0.330. The molecule has 2 amide bonds. The van der Waals surface area contributed by atoms with E-state index in [1.165, 1.54) is 29.2 Å². The SMILES string of the molecule is COc1ccc(CCN(Cc2cccs2)C(=O)CN(CC2CCCO2)C(=O)c2ccc(F)cc2)cc1OC. The van der Waals surface area contributed by atoms with Crippen molar-refractivity contribution in [3.05, 3.63) is 81.8 Å². The van der Waals surface area contributed by atoms with Gasteiger partial charge in [-0.15, -0.1) is 11.3 Å². The second kappa shape index (κ2) is 13.4. The second-order valence-electron chi connectivity index (χ2n) is 9.16. The van der Waals surface area contributed by atoms with Crippen molar-refractivity contribution in [2.24, 2.45) is 0 Å². The van der Waals surface area contributed by atoms with Gasteiger partial charge in [0, 0.05) is 30.1 Å². The number of methoxy groups -OCH3 is 2. The minimum absolute atomic E-state index is 0.0899. The Bertz CT molecular complexity index is 1200. The van der Waals surface area contributed by atoms with Crippen molar-refractivity contribution in [3.63, 3.8) is 0 Å². The Kier molecular flexibility index (Phi) is 9.73. The maximum absolute atomic E-state index is 13.7. The summed E-state index contributed by atoms with van der Waals surface area (Å²) in [5.74, 6) is 0.387. The molecule has 1 unspecified atom stereocenters. The van der Waals surface area contributed by atoms with Gasteiger partial charge < -0.3 is 24.0 Å². The Labute approximate surface area is 226 Å². The molecule has 0 radical (unpaired) electrons. The lowest BCUT2D eigenvalue weighted by molar-refractivity contribution is -0.132. The Morgan fingerprint density at radius 2 is 1.84 bits per heavy atom. The molecule has 3 aromatic rings. The number of hydrogen-bond donors (Lipinski definition) is 0. The van der Waals surface area contributed by atoms with Gasteiger partial charge in [0.15, 0.2) is 11.5 Å². The number of hydrogen-bond acceptors (Lipinski definition) is 6. The largest absolute Gasteiger partial charge is 0.493 e. The molecule has 1 saturated heterocycles. The number of amides is 2. The zero-order valence-electron chi connectivity index (χ0n) is 21.7. The van der Waals surface area contributed by atoms with Crippen LogP contribution in [0.3, 0.4) is 0 Å². The van der Waals surface area contributed by atoms with E-state index in [1.807, 2.05) is 35.7 Å². The molecule has 0 saturated carbocycles. The number of halogens is 1. The lowest BCUT2D eigenvalue weighted by Crippen LogP contribution is -2.45. The number of rotatable bonds is 12. The van der Waals surface area contributed by atoms with Crippen LogP contribution >= 0.6 is 11.3 Å². The summed E-state index contributed by atoms with van der Waals surface area (Å²) in [5, 5.41) is 1.98. The molecule has 1 atom stereocenters. The van der Waals surface area contributed by atoms with Gasteiger partial charge >= 0.3 is 0 Å². The van der Waals surface area contributed by atoms with Crippen molar-refractivity contribution in [2.75, 3.05) is 40.5 Å². The second-order valence-corrected chi connectivity index (χ2v) is 10.2. The zero-order chi connectivity index (χ0) is 26.9. The average molecular weight is 541 g/mol. The first-order chi connectivity index (χ1) is 18.5. The van der Waals surface area contributed by atoms with E-state index in [0.29, 0.717) is 49.7 Å². The number of thiophene rings is 1. The van der Waals surface area contributed by atoms with Gasteiger partial charge in [-0.2, -0.15) is 0 Å². The summed E-state index contributed by atoms with van der Waals surface area (Å²) < 4.78 is 30.0. The smallest absolute Gasteiger partial charge is 0.254 e. The third kappa shape index (κ3) is 7.33. The fraction of sp³-hybridized carbons (Fsp3) is 0.379. The van der Waals surface area contributed by atoms with E-state index in [0.717, 1.165) is 23.3 Å². The number of ether oxygens (including phenoxy) is 3. The minimum atomic E-state index is -0.416. The predicted octanol–water partition coefficient (Wildman–Crippen LogP) is 4.80. The minimum Gasteiger partial charge on any atom is -0.493 e. The van der Waals surface area contributed by atoms with Crippen molar-refractivity contribution in [3.8, 4) is 11.5 Å². The average Bonchev–Trinajstić information content (AvgIpc) is 3.65. The Morgan fingerprint density at radius 1 is 1.05 bits per heavy atom. The van der Waals surface area contributed by atoms with E-state index in [2.05, 4.69) is 0 Å². The highest BCUT2D eigenvalue weighted by atomic mass is 32.1. The Morgan fingerprint density at radius 3 is 2.50 bits per heavy atom. The monoisotopic (exact) mass is 540 g/mol. The molecule has 7 nitrogen and oxygen atoms in total. The topological polar surface area (TPSA) is 68.3 Å². The molecular weight excluding hydrogens is 507 g/mol. The van der Waals surface area contributed by atoms with Crippen LogP contribution < -0.4 is 9.47 Å². The Balaban J connectivity index is 1.51. The molecule has 2 heterocycles. The lowest BCUT2D eigenvalue weighted by atomic mass is 10.1. The molecule has 1 aliphatic rings. The van der Waals surface area contributed by atoms with Crippen LogP contribution in [0, 0.1) is 5.82 Å². The summed E-state index contributed by atoms with van der Waals surface area (Å²) in [5.41, 5.74) is 1.34. The van der Waals surface area contributed by atoms with Crippen molar-refractivity contribution < 1.29 is 28.2 Å². The first kappa shape index (κ1) is 27.6. The number of carbonyl (C=O) groups excluding carboxylic acids is 2. The number of carbonyl (C=O) groups is 2. The van der Waals surface area contributed by atoms with Crippen molar-refractivity contribution in [1.82, 2.24) is 9.80 Å². The van der Waals surface area contributed by atoms with Crippen molar-refractivity contribution in [2.45, 2.75) is 31.9 Å². The van der Waals surface area contributed by atoms with E-state index in [1.54, 1.807) is 30.5 Å². The molecular formula is C29H33FN2O5S. The molecule has 0 N–H and O–H groups in total. The molecule has 0 aliphatic carbocycles. The highest BCUT2D eigenvalue weighted by Gasteiger charge is 2.27. The lowest BCUT2D eigenvalue weighted by Gasteiger charge is -2.29. The van der Waals surface area contributed by atoms with Crippen LogP contribution in [0.2, 0.25) is 0 Å². The van der Waals surface area contributed by atoms with Gasteiger partial charge in [-0.05, 0) is 72.7 Å². The molecule has 4 rings (SSSR count). The molecule has 38 heavy (non-hydrogen) atoms. The van der Waals surface area contributed by atoms with Gasteiger partial charge in [0.05, 0.1) is 26.9 Å². The molecule has 9 heteroatoms. The summed E-state index contributed by atoms with van der Waals surface area (Å²) >= 11 is 1.58. The van der Waals surface area contributed by atoms with Crippen LogP contribution in [0.4, 0.5) is 4.39 Å². The van der Waals surface area contributed by atoms with Crippen LogP contribution in [-0.2, 0) is 22.5 Å². The molecule has 1 aliphatic heterocycles. The predicted molar refractivity (Wildman–Crippen MR) is 144 cm³/mol. The van der Waals surface area contributed by atoms with Crippen LogP contribution in [0.1, 0.15) is 33.6 Å². The Hall–Kier alpha value is -3.43. The van der Waals surface area contributed by atoms with Gasteiger partial charge in [-0.1, -0.05) is 12.1 Å². The molecule has 1 aromatic heterocycles. The maximum atomic E-state index is 13.7. The van der Waals surface area contributed by atoms with Crippen LogP contribution in [0.5, 0.6) is 11.5 Å². The maximum Gasteiger partial charge on any atom is 0.254 e. The van der Waals surface area contributed by atoms with Crippen molar-refractivity contribution >= 4 is 23.2 Å². The molecule has 0 spiro atoms. The molecule has 2 aromatic carbocycles. The van der Waals surface area contributed by atoms with E-state index in [-0.39, 0.29) is 24.5 Å².